The van der Waals surface area contributed by atoms with Crippen molar-refractivity contribution in [2.45, 2.75) is 6.92 Å². The lowest BCUT2D eigenvalue weighted by Gasteiger charge is -1.92. The molecule has 1 nitrogen and oxygen atoms in total. The topological polar surface area (TPSA) is 20.2 Å². The van der Waals surface area contributed by atoms with Crippen LogP contribution < -0.4 is 0 Å². The lowest BCUT2D eigenvalue weighted by Crippen LogP contribution is -1.68. The smallest absolute Gasteiger partial charge is 0.116 e. The van der Waals surface area contributed by atoms with E-state index in [1.54, 1.807) is 12.1 Å². The van der Waals surface area contributed by atoms with Gasteiger partial charge >= 0.3 is 0 Å². The van der Waals surface area contributed by atoms with Crippen molar-refractivity contribution in [1.29, 1.82) is 0 Å². The van der Waals surface area contributed by atoms with E-state index >= 15 is 0 Å². The fraction of sp³-hybridized carbons (Fsp3) is 0.111. The highest BCUT2D eigenvalue weighted by molar-refractivity contribution is 5.50. The quantitative estimate of drug-likeness (QED) is 0.625. The van der Waals surface area contributed by atoms with Gasteiger partial charge in [0.05, 0.1) is 0 Å². The maximum atomic E-state index is 9.01. The Morgan fingerprint density at radius 1 is 1.40 bits per heavy atom. The fourth-order valence-electron chi connectivity index (χ4n) is 0.821. The Morgan fingerprint density at radius 3 is 2.80 bits per heavy atom. The minimum absolute atomic E-state index is 0.315. The normalized spacial score (nSPS) is 10.5. The average Bonchev–Trinajstić information content (AvgIpc) is 1.88. The Hall–Kier alpha value is -1.24. The molecule has 0 atom stereocenters. The van der Waals surface area contributed by atoms with E-state index < -0.39 is 0 Å². The predicted molar refractivity (Wildman–Crippen MR) is 42.8 cm³/mol. The van der Waals surface area contributed by atoms with Crippen molar-refractivity contribution in [2.24, 2.45) is 0 Å². The summed E-state index contributed by atoms with van der Waals surface area (Å²) in [5.74, 6) is 0.315. The zero-order valence-corrected chi connectivity index (χ0v) is 5.91. The molecule has 1 heteroatoms. The molecule has 0 radical (unpaired) electrons. The summed E-state index contributed by atoms with van der Waals surface area (Å²) in [5.41, 5.74) is 1.03. The first kappa shape index (κ1) is 6.87. The zero-order chi connectivity index (χ0) is 7.40. The summed E-state index contributed by atoms with van der Waals surface area (Å²) in [4.78, 5) is 0. The second-order valence-electron chi connectivity index (χ2n) is 2.09. The summed E-state index contributed by atoms with van der Waals surface area (Å²) in [6.07, 6.45) is 3.88. The van der Waals surface area contributed by atoms with Crippen molar-refractivity contribution in [3.05, 3.63) is 35.9 Å². The van der Waals surface area contributed by atoms with Gasteiger partial charge in [0.2, 0.25) is 0 Å². The molecule has 0 unspecified atom stereocenters. The summed E-state index contributed by atoms with van der Waals surface area (Å²) in [6.45, 7) is 1.95. The second kappa shape index (κ2) is 3.06. The van der Waals surface area contributed by atoms with Crippen LogP contribution in [0, 0.1) is 0 Å². The summed E-state index contributed by atoms with van der Waals surface area (Å²) >= 11 is 0. The fourth-order valence-corrected chi connectivity index (χ4v) is 0.821. The maximum Gasteiger partial charge on any atom is 0.116 e. The van der Waals surface area contributed by atoms with Gasteiger partial charge in [0.25, 0.3) is 0 Å². The summed E-state index contributed by atoms with van der Waals surface area (Å²) < 4.78 is 0. The summed E-state index contributed by atoms with van der Waals surface area (Å²) in [6, 6.07) is 7.15. The number of phenolic OH excluding ortho intramolecular Hbond substituents is 1. The minimum atomic E-state index is 0.315. The molecule has 1 N–H and O–H groups in total. The number of benzene rings is 1. The van der Waals surface area contributed by atoms with Crippen LogP contribution in [0.4, 0.5) is 0 Å². The van der Waals surface area contributed by atoms with Crippen LogP contribution in [0.2, 0.25) is 0 Å². The Bertz CT molecular complexity index is 238. The Kier molecular flexibility index (Phi) is 2.11. The molecule has 1 aromatic rings. The SMILES string of the molecule is CC=Cc1cccc(O)c1. The molecule has 0 bridgehead atoms. The van der Waals surface area contributed by atoms with E-state index in [-0.39, 0.29) is 0 Å². The van der Waals surface area contributed by atoms with Gasteiger partial charge in [-0.3, -0.25) is 0 Å². The second-order valence-corrected chi connectivity index (χ2v) is 2.09. The van der Waals surface area contributed by atoms with E-state index in [1.165, 1.54) is 0 Å². The third-order valence-electron chi connectivity index (χ3n) is 1.23. The van der Waals surface area contributed by atoms with Crippen molar-refractivity contribution in [1.82, 2.24) is 0 Å². The molecule has 0 spiro atoms. The van der Waals surface area contributed by atoms with E-state index in [0.717, 1.165) is 5.56 Å². The highest BCUT2D eigenvalue weighted by atomic mass is 16.3. The highest BCUT2D eigenvalue weighted by Gasteiger charge is 1.86. The monoisotopic (exact) mass is 134 g/mol. The molecule has 0 aromatic heterocycles. The molecule has 1 aromatic carbocycles. The number of aromatic hydroxyl groups is 1. The van der Waals surface area contributed by atoms with E-state index in [1.807, 2.05) is 31.2 Å². The number of hydrogen-bond acceptors (Lipinski definition) is 1. The molecular formula is C9H10O. The zero-order valence-electron chi connectivity index (χ0n) is 5.91. The molecule has 0 amide bonds. The number of phenols is 1. The molecule has 0 saturated heterocycles. The molecule has 1 rings (SSSR count). The molecule has 10 heavy (non-hydrogen) atoms. The minimum Gasteiger partial charge on any atom is -0.508 e. The van der Waals surface area contributed by atoms with Crippen molar-refractivity contribution >= 4 is 6.08 Å². The van der Waals surface area contributed by atoms with E-state index in [9.17, 15) is 0 Å². The van der Waals surface area contributed by atoms with Gasteiger partial charge in [-0.1, -0.05) is 24.3 Å². The lowest BCUT2D eigenvalue weighted by atomic mass is 10.2. The molecule has 0 aliphatic heterocycles. The van der Waals surface area contributed by atoms with Crippen LogP contribution in [0.25, 0.3) is 6.08 Å². The van der Waals surface area contributed by atoms with Gasteiger partial charge in [0, 0.05) is 0 Å². The first-order valence-electron chi connectivity index (χ1n) is 3.24. The van der Waals surface area contributed by atoms with Crippen molar-refractivity contribution in [3.63, 3.8) is 0 Å². The molecular weight excluding hydrogens is 124 g/mol. The van der Waals surface area contributed by atoms with Gasteiger partial charge in [-0.2, -0.15) is 0 Å². The maximum absolute atomic E-state index is 9.01. The van der Waals surface area contributed by atoms with E-state index in [4.69, 9.17) is 5.11 Å². The standard InChI is InChI=1S/C9H10O/c1-2-4-8-5-3-6-9(10)7-8/h2-7,10H,1H3. The van der Waals surface area contributed by atoms with E-state index in [2.05, 4.69) is 0 Å². The lowest BCUT2D eigenvalue weighted by molar-refractivity contribution is 0.475. The molecule has 0 aliphatic rings. The largest absolute Gasteiger partial charge is 0.508 e. The summed E-state index contributed by atoms with van der Waals surface area (Å²) in [7, 11) is 0. The van der Waals surface area contributed by atoms with Gasteiger partial charge in [0.15, 0.2) is 0 Å². The van der Waals surface area contributed by atoms with Crippen LogP contribution in [0.3, 0.4) is 0 Å². The van der Waals surface area contributed by atoms with Gasteiger partial charge in [-0.15, -0.1) is 0 Å². The number of hydrogen-bond donors (Lipinski definition) is 1. The van der Waals surface area contributed by atoms with Crippen LogP contribution in [-0.4, -0.2) is 5.11 Å². The van der Waals surface area contributed by atoms with Crippen molar-refractivity contribution < 1.29 is 5.11 Å². The average molecular weight is 134 g/mol. The first-order valence-corrected chi connectivity index (χ1v) is 3.24. The van der Waals surface area contributed by atoms with E-state index in [0.29, 0.717) is 5.75 Å². The Morgan fingerprint density at radius 2 is 2.20 bits per heavy atom. The van der Waals surface area contributed by atoms with Crippen LogP contribution in [0.1, 0.15) is 12.5 Å². The van der Waals surface area contributed by atoms with Crippen molar-refractivity contribution in [3.8, 4) is 5.75 Å². The Balaban J connectivity index is 2.95. The highest BCUT2D eigenvalue weighted by Crippen LogP contribution is 2.11. The van der Waals surface area contributed by atoms with Crippen molar-refractivity contribution in [2.75, 3.05) is 0 Å². The van der Waals surface area contributed by atoms with Gasteiger partial charge in [0.1, 0.15) is 5.75 Å². The third-order valence-corrected chi connectivity index (χ3v) is 1.23. The molecule has 0 fully saturated rings. The Labute approximate surface area is 60.6 Å². The van der Waals surface area contributed by atoms with Crippen LogP contribution >= 0.6 is 0 Å². The molecule has 0 saturated carbocycles. The predicted octanol–water partition coefficient (Wildman–Crippen LogP) is 2.43. The molecule has 52 valence electrons. The summed E-state index contributed by atoms with van der Waals surface area (Å²) in [5, 5.41) is 9.01. The molecule has 0 aliphatic carbocycles. The van der Waals surface area contributed by atoms with Crippen LogP contribution in [0.5, 0.6) is 5.75 Å². The first-order chi connectivity index (χ1) is 4.83. The molecule has 0 heterocycles. The number of allylic oxidation sites excluding steroid dienone is 1. The van der Waals surface area contributed by atoms with Crippen LogP contribution in [-0.2, 0) is 0 Å². The number of rotatable bonds is 1. The van der Waals surface area contributed by atoms with Gasteiger partial charge in [-0.25, -0.2) is 0 Å². The third kappa shape index (κ3) is 1.62. The van der Waals surface area contributed by atoms with Gasteiger partial charge in [-0.05, 0) is 24.6 Å². The van der Waals surface area contributed by atoms with Crippen LogP contribution in [0.15, 0.2) is 30.3 Å². The van der Waals surface area contributed by atoms with Gasteiger partial charge < -0.3 is 5.11 Å².